The Balaban J connectivity index is 1.54. The number of piperazine rings is 1. The number of carbonyl (C=O) groups excluding carboxylic acids is 1. The van der Waals surface area contributed by atoms with Crippen LogP contribution in [-0.2, 0) is 4.79 Å². The minimum Gasteiger partial charge on any atom is -0.375 e. The molecular formula is C23H34N8O. The van der Waals surface area contributed by atoms with E-state index in [1.54, 1.807) is 31.4 Å². The quantitative estimate of drug-likeness (QED) is 0.376. The summed E-state index contributed by atoms with van der Waals surface area (Å²) in [5, 5.41) is 3.47. The molecule has 2 heterocycles. The highest BCUT2D eigenvalue weighted by molar-refractivity contribution is 5.85. The van der Waals surface area contributed by atoms with Gasteiger partial charge < -0.3 is 24.9 Å². The van der Waals surface area contributed by atoms with Gasteiger partial charge in [0, 0.05) is 78.5 Å². The first-order valence-corrected chi connectivity index (χ1v) is 11.1. The van der Waals surface area contributed by atoms with Crippen molar-refractivity contribution in [2.45, 2.75) is 6.42 Å². The van der Waals surface area contributed by atoms with E-state index in [4.69, 9.17) is 0 Å². The second kappa shape index (κ2) is 11.9. The lowest BCUT2D eigenvalue weighted by atomic mass is 10.3. The highest BCUT2D eigenvalue weighted by Crippen LogP contribution is 2.11. The lowest BCUT2D eigenvalue weighted by Gasteiger charge is -2.36. The number of anilines is 2. The van der Waals surface area contributed by atoms with Crippen molar-refractivity contribution in [2.75, 3.05) is 76.8 Å². The molecule has 3 rings (SSSR count). The highest BCUT2D eigenvalue weighted by atomic mass is 16.2. The molecule has 0 saturated carbocycles. The van der Waals surface area contributed by atoms with E-state index >= 15 is 0 Å². The van der Waals surface area contributed by atoms with Gasteiger partial charge >= 0.3 is 0 Å². The summed E-state index contributed by atoms with van der Waals surface area (Å²) in [6, 6.07) is 12.2. The standard InChI is InChI=1S/C23H34N8O/c1-28(2)21(32)19-27-23(26-13-8-14-29(3)20-9-5-4-6-10-20)31-17-15-30(16-18-31)22-24-11-7-12-25-22/h4-7,9-12H,8,13-19H2,1-3H3,(H,26,27). The molecule has 9 nitrogen and oxygen atoms in total. The van der Waals surface area contributed by atoms with Crippen molar-refractivity contribution in [3.63, 3.8) is 0 Å². The molecule has 1 aromatic carbocycles. The van der Waals surface area contributed by atoms with Crippen molar-refractivity contribution < 1.29 is 4.79 Å². The van der Waals surface area contributed by atoms with Gasteiger partial charge in [-0.15, -0.1) is 0 Å². The van der Waals surface area contributed by atoms with Crippen LogP contribution in [-0.4, -0.2) is 98.6 Å². The van der Waals surface area contributed by atoms with Gasteiger partial charge in [0.2, 0.25) is 11.9 Å². The number of aromatic nitrogens is 2. The SMILES string of the molecule is CN(C)C(=O)CN=C(NCCCN(C)c1ccccc1)N1CCN(c2ncccn2)CC1. The predicted octanol–water partition coefficient (Wildman–Crippen LogP) is 1.16. The lowest BCUT2D eigenvalue weighted by molar-refractivity contribution is -0.127. The Bertz CT molecular complexity index is 851. The van der Waals surface area contributed by atoms with Crippen molar-refractivity contribution in [3.8, 4) is 0 Å². The number of rotatable bonds is 8. The van der Waals surface area contributed by atoms with Crippen LogP contribution in [0.4, 0.5) is 11.6 Å². The van der Waals surface area contributed by atoms with Crippen LogP contribution in [0.1, 0.15) is 6.42 Å². The second-order valence-corrected chi connectivity index (χ2v) is 7.99. The largest absolute Gasteiger partial charge is 0.375 e. The third-order valence-electron chi connectivity index (χ3n) is 5.43. The number of aliphatic imine (C=N–C) groups is 1. The fourth-order valence-corrected chi connectivity index (χ4v) is 3.45. The summed E-state index contributed by atoms with van der Waals surface area (Å²) in [6.45, 7) is 5.07. The molecule has 1 fully saturated rings. The van der Waals surface area contributed by atoms with E-state index < -0.39 is 0 Å². The topological polar surface area (TPSA) is 80.2 Å². The number of nitrogens with zero attached hydrogens (tertiary/aromatic N) is 7. The van der Waals surface area contributed by atoms with E-state index in [9.17, 15) is 4.79 Å². The summed E-state index contributed by atoms with van der Waals surface area (Å²) >= 11 is 0. The number of likely N-dealkylation sites (N-methyl/N-ethyl adjacent to an activating group) is 1. The van der Waals surface area contributed by atoms with Gasteiger partial charge in [-0.1, -0.05) is 18.2 Å². The number of carbonyl (C=O) groups is 1. The normalized spacial score (nSPS) is 14.3. The summed E-state index contributed by atoms with van der Waals surface area (Å²) in [5.41, 5.74) is 1.21. The molecular weight excluding hydrogens is 404 g/mol. The maximum atomic E-state index is 12.1. The van der Waals surface area contributed by atoms with Gasteiger partial charge in [-0.25, -0.2) is 15.0 Å². The van der Waals surface area contributed by atoms with Gasteiger partial charge in [-0.3, -0.25) is 4.79 Å². The van der Waals surface area contributed by atoms with E-state index in [2.05, 4.69) is 66.3 Å². The molecule has 1 aliphatic rings. The van der Waals surface area contributed by atoms with E-state index in [-0.39, 0.29) is 12.5 Å². The van der Waals surface area contributed by atoms with Crippen LogP contribution in [0.2, 0.25) is 0 Å². The molecule has 1 amide bonds. The minimum absolute atomic E-state index is 0.00978. The van der Waals surface area contributed by atoms with Crippen LogP contribution in [0.25, 0.3) is 0 Å². The maximum Gasteiger partial charge on any atom is 0.243 e. The molecule has 1 saturated heterocycles. The van der Waals surface area contributed by atoms with E-state index in [1.807, 2.05) is 12.1 Å². The zero-order valence-corrected chi connectivity index (χ0v) is 19.3. The Morgan fingerprint density at radius 2 is 1.72 bits per heavy atom. The van der Waals surface area contributed by atoms with Gasteiger partial charge in [0.1, 0.15) is 6.54 Å². The van der Waals surface area contributed by atoms with Crippen LogP contribution in [0.3, 0.4) is 0 Å². The predicted molar refractivity (Wildman–Crippen MR) is 129 cm³/mol. The monoisotopic (exact) mass is 438 g/mol. The molecule has 1 N–H and O–H groups in total. The summed E-state index contributed by atoms with van der Waals surface area (Å²) in [7, 11) is 5.61. The fraction of sp³-hybridized carbons (Fsp3) is 0.478. The maximum absolute atomic E-state index is 12.1. The third kappa shape index (κ3) is 6.83. The average Bonchev–Trinajstić information content (AvgIpc) is 2.84. The number of amides is 1. The molecule has 2 aromatic rings. The van der Waals surface area contributed by atoms with Crippen molar-refractivity contribution in [3.05, 3.63) is 48.8 Å². The average molecular weight is 439 g/mol. The van der Waals surface area contributed by atoms with E-state index in [1.165, 1.54) is 5.69 Å². The van der Waals surface area contributed by atoms with E-state index in [0.717, 1.165) is 57.6 Å². The number of para-hydroxylation sites is 1. The Kier molecular flexibility index (Phi) is 8.65. The molecule has 0 atom stereocenters. The number of benzene rings is 1. The zero-order valence-electron chi connectivity index (χ0n) is 19.3. The van der Waals surface area contributed by atoms with Crippen LogP contribution in [0.5, 0.6) is 0 Å². The molecule has 9 heteroatoms. The molecule has 172 valence electrons. The van der Waals surface area contributed by atoms with Crippen molar-refractivity contribution in [1.82, 2.24) is 25.1 Å². The molecule has 0 bridgehead atoms. The summed E-state index contributed by atoms with van der Waals surface area (Å²) < 4.78 is 0. The first-order valence-electron chi connectivity index (χ1n) is 11.1. The van der Waals surface area contributed by atoms with E-state index in [0.29, 0.717) is 0 Å². The smallest absolute Gasteiger partial charge is 0.243 e. The van der Waals surface area contributed by atoms with Gasteiger partial charge in [0.05, 0.1) is 0 Å². The minimum atomic E-state index is -0.00978. The number of hydrogen-bond donors (Lipinski definition) is 1. The van der Waals surface area contributed by atoms with Crippen molar-refractivity contribution >= 4 is 23.5 Å². The van der Waals surface area contributed by atoms with Crippen LogP contribution >= 0.6 is 0 Å². The zero-order chi connectivity index (χ0) is 22.8. The van der Waals surface area contributed by atoms with Gasteiger partial charge in [-0.2, -0.15) is 0 Å². The molecule has 0 unspecified atom stereocenters. The molecule has 0 spiro atoms. The highest BCUT2D eigenvalue weighted by Gasteiger charge is 2.21. The molecule has 1 aliphatic heterocycles. The summed E-state index contributed by atoms with van der Waals surface area (Å²) in [6.07, 6.45) is 4.49. The Hall–Kier alpha value is -3.36. The third-order valence-corrected chi connectivity index (χ3v) is 5.43. The van der Waals surface area contributed by atoms with Crippen LogP contribution < -0.4 is 15.1 Å². The van der Waals surface area contributed by atoms with Gasteiger partial charge in [0.25, 0.3) is 0 Å². The lowest BCUT2D eigenvalue weighted by Crippen LogP contribution is -2.53. The number of guanidine groups is 1. The molecule has 0 aliphatic carbocycles. The van der Waals surface area contributed by atoms with Crippen LogP contribution in [0.15, 0.2) is 53.8 Å². The van der Waals surface area contributed by atoms with Crippen molar-refractivity contribution in [2.24, 2.45) is 4.99 Å². The number of hydrogen-bond acceptors (Lipinski definition) is 6. The van der Waals surface area contributed by atoms with Crippen LogP contribution in [0, 0.1) is 0 Å². The first kappa shape index (κ1) is 23.3. The molecule has 0 radical (unpaired) electrons. The Morgan fingerprint density at radius 3 is 2.38 bits per heavy atom. The molecule has 32 heavy (non-hydrogen) atoms. The Labute approximate surface area is 190 Å². The Morgan fingerprint density at radius 1 is 1.03 bits per heavy atom. The van der Waals surface area contributed by atoms with Gasteiger partial charge in [-0.05, 0) is 24.6 Å². The fourth-order valence-electron chi connectivity index (χ4n) is 3.45. The number of nitrogens with one attached hydrogen (secondary N) is 1. The van der Waals surface area contributed by atoms with Crippen molar-refractivity contribution in [1.29, 1.82) is 0 Å². The summed E-state index contributed by atoms with van der Waals surface area (Å²) in [4.78, 5) is 33.6. The second-order valence-electron chi connectivity index (χ2n) is 7.99. The summed E-state index contributed by atoms with van der Waals surface area (Å²) in [5.74, 6) is 1.53. The first-order chi connectivity index (χ1) is 15.5. The van der Waals surface area contributed by atoms with Gasteiger partial charge in [0.15, 0.2) is 5.96 Å². The molecule has 1 aromatic heterocycles.